The van der Waals surface area contributed by atoms with E-state index in [9.17, 15) is 14.4 Å². The molecule has 3 aromatic rings. The second-order valence-electron chi connectivity index (χ2n) is 4.92. The third-order valence-corrected chi connectivity index (χ3v) is 3.42. The summed E-state index contributed by atoms with van der Waals surface area (Å²) >= 11 is 0. The van der Waals surface area contributed by atoms with Crippen molar-refractivity contribution in [2.75, 3.05) is 0 Å². The lowest BCUT2D eigenvalue weighted by Crippen LogP contribution is -2.14. The molecule has 0 fully saturated rings. The van der Waals surface area contributed by atoms with E-state index in [1.54, 1.807) is 24.3 Å². The van der Waals surface area contributed by atoms with Crippen molar-refractivity contribution in [2.45, 2.75) is 0 Å². The molecule has 1 aliphatic rings. The van der Waals surface area contributed by atoms with Crippen LogP contribution in [0.4, 0.5) is 9.59 Å². The summed E-state index contributed by atoms with van der Waals surface area (Å²) in [6, 6.07) is 13.0. The maximum Gasteiger partial charge on any atom is 0.524 e. The van der Waals surface area contributed by atoms with Crippen LogP contribution in [0.15, 0.2) is 57.7 Å². The van der Waals surface area contributed by atoms with Crippen LogP contribution in [0.3, 0.4) is 0 Å². The fourth-order valence-electron chi connectivity index (χ4n) is 2.38. The van der Waals surface area contributed by atoms with Crippen LogP contribution in [0, 0.1) is 0 Å². The molecule has 2 aromatic carbocycles. The average molecular weight is 324 g/mol. The number of rotatable bonds is 1. The van der Waals surface area contributed by atoms with Gasteiger partial charge in [-0.15, -0.1) is 0 Å². The van der Waals surface area contributed by atoms with Crippen molar-refractivity contribution in [1.82, 2.24) is 0 Å². The molecule has 7 heteroatoms. The first-order chi connectivity index (χ1) is 11.6. The quantitative estimate of drug-likeness (QED) is 0.384. The molecule has 4 rings (SSSR count). The topological polar surface area (TPSA) is 92.0 Å². The van der Waals surface area contributed by atoms with E-state index in [1.807, 2.05) is 6.07 Å². The van der Waals surface area contributed by atoms with Gasteiger partial charge in [0.15, 0.2) is 16.8 Å². The molecular weight excluding hydrogens is 316 g/mol. The van der Waals surface area contributed by atoms with Gasteiger partial charge in [0.05, 0.1) is 5.39 Å². The number of ether oxygens (including phenoxy) is 3. The molecule has 0 spiro atoms. The zero-order valence-corrected chi connectivity index (χ0v) is 12.0. The molecule has 0 unspecified atom stereocenters. The average Bonchev–Trinajstić information content (AvgIpc) is 2.72. The standard InChI is InChI=1S/C17H8O7/c18-11-8-13(9-4-2-1-3-5-9)21-14-10(11)6-7-12-15(14)23-17(20)24-16(19)22-12/h1-8H. The summed E-state index contributed by atoms with van der Waals surface area (Å²) < 4.78 is 19.8. The highest BCUT2D eigenvalue weighted by atomic mass is 16.8. The van der Waals surface area contributed by atoms with Gasteiger partial charge in [0.1, 0.15) is 5.76 Å². The van der Waals surface area contributed by atoms with Crippen molar-refractivity contribution in [3.8, 4) is 22.8 Å². The lowest BCUT2D eigenvalue weighted by atomic mass is 10.1. The SMILES string of the molecule is O=C1OC(=O)Oc2c(ccc3c(=O)cc(-c4ccccc4)oc23)O1. The van der Waals surface area contributed by atoms with Gasteiger partial charge in [-0.3, -0.25) is 4.79 Å². The van der Waals surface area contributed by atoms with Gasteiger partial charge in [-0.05, 0) is 12.1 Å². The molecule has 0 saturated heterocycles. The van der Waals surface area contributed by atoms with Crippen molar-refractivity contribution in [3.63, 3.8) is 0 Å². The Bertz CT molecular complexity index is 1030. The molecule has 0 N–H and O–H groups in total. The fraction of sp³-hybridized carbons (Fsp3) is 0. The zero-order valence-electron chi connectivity index (χ0n) is 12.0. The maximum absolute atomic E-state index is 12.4. The Morgan fingerprint density at radius 3 is 2.29 bits per heavy atom. The van der Waals surface area contributed by atoms with E-state index < -0.39 is 12.3 Å². The summed E-state index contributed by atoms with van der Waals surface area (Å²) in [5.74, 6) is 0.0268. The Morgan fingerprint density at radius 1 is 0.750 bits per heavy atom. The van der Waals surface area contributed by atoms with Gasteiger partial charge < -0.3 is 18.6 Å². The second-order valence-corrected chi connectivity index (χ2v) is 4.92. The minimum Gasteiger partial charge on any atom is -0.452 e. The number of carbonyl (C=O) groups is 2. The van der Waals surface area contributed by atoms with Crippen LogP contribution >= 0.6 is 0 Å². The predicted octanol–water partition coefficient (Wildman–Crippen LogP) is 3.49. The minimum absolute atomic E-state index is 0.00879. The van der Waals surface area contributed by atoms with Gasteiger partial charge in [-0.25, -0.2) is 9.59 Å². The van der Waals surface area contributed by atoms with Crippen LogP contribution in [0.1, 0.15) is 0 Å². The van der Waals surface area contributed by atoms with Crippen LogP contribution in [-0.2, 0) is 4.74 Å². The highest BCUT2D eigenvalue weighted by Crippen LogP contribution is 2.38. The van der Waals surface area contributed by atoms with Crippen LogP contribution in [0.25, 0.3) is 22.3 Å². The molecule has 1 aliphatic heterocycles. The Labute approximate surface area is 134 Å². The summed E-state index contributed by atoms with van der Waals surface area (Å²) in [5.41, 5.74) is 0.332. The van der Waals surface area contributed by atoms with Crippen LogP contribution < -0.4 is 14.9 Å². The molecule has 7 nitrogen and oxygen atoms in total. The number of cyclic esters (lactones) is 2. The summed E-state index contributed by atoms with van der Waals surface area (Å²) in [6.45, 7) is 0. The molecule has 118 valence electrons. The molecule has 0 atom stereocenters. The van der Waals surface area contributed by atoms with Gasteiger partial charge in [0.25, 0.3) is 0 Å². The van der Waals surface area contributed by atoms with Gasteiger partial charge in [0.2, 0.25) is 5.75 Å². The van der Waals surface area contributed by atoms with E-state index in [2.05, 4.69) is 4.74 Å². The van der Waals surface area contributed by atoms with Crippen LogP contribution in [0.2, 0.25) is 0 Å². The molecule has 0 aliphatic carbocycles. The molecule has 0 amide bonds. The Hall–Kier alpha value is -3.61. The van der Waals surface area contributed by atoms with Crippen molar-refractivity contribution < 1.29 is 28.2 Å². The van der Waals surface area contributed by atoms with E-state index in [-0.39, 0.29) is 33.7 Å². The molecule has 24 heavy (non-hydrogen) atoms. The van der Waals surface area contributed by atoms with Gasteiger partial charge in [-0.2, -0.15) is 0 Å². The molecule has 2 heterocycles. The van der Waals surface area contributed by atoms with Crippen molar-refractivity contribution in [2.24, 2.45) is 0 Å². The summed E-state index contributed by atoms with van der Waals surface area (Å²) in [6.07, 6.45) is -2.49. The predicted molar refractivity (Wildman–Crippen MR) is 81.1 cm³/mol. The van der Waals surface area contributed by atoms with E-state index in [1.165, 1.54) is 18.2 Å². The third kappa shape index (κ3) is 2.28. The van der Waals surface area contributed by atoms with E-state index >= 15 is 0 Å². The van der Waals surface area contributed by atoms with Gasteiger partial charge in [-0.1, -0.05) is 30.3 Å². The first-order valence-corrected chi connectivity index (χ1v) is 6.89. The number of hydrogen-bond donors (Lipinski definition) is 0. The Balaban J connectivity index is 2.01. The van der Waals surface area contributed by atoms with E-state index in [4.69, 9.17) is 13.9 Å². The lowest BCUT2D eigenvalue weighted by Gasteiger charge is -2.08. The highest BCUT2D eigenvalue weighted by Gasteiger charge is 2.27. The normalized spacial score (nSPS) is 13.5. The molecular formula is C17H8O7. The highest BCUT2D eigenvalue weighted by molar-refractivity contribution is 5.92. The Morgan fingerprint density at radius 2 is 1.50 bits per heavy atom. The van der Waals surface area contributed by atoms with Crippen molar-refractivity contribution >= 4 is 23.3 Å². The molecule has 1 aromatic heterocycles. The summed E-state index contributed by atoms with van der Waals surface area (Å²) in [5, 5.41) is 0.180. The summed E-state index contributed by atoms with van der Waals surface area (Å²) in [4.78, 5) is 35.1. The summed E-state index contributed by atoms with van der Waals surface area (Å²) in [7, 11) is 0. The molecule has 0 saturated carbocycles. The lowest BCUT2D eigenvalue weighted by molar-refractivity contribution is 0.0998. The van der Waals surface area contributed by atoms with Gasteiger partial charge in [0, 0.05) is 11.6 Å². The zero-order chi connectivity index (χ0) is 16.7. The monoisotopic (exact) mass is 324 g/mol. The number of carbonyl (C=O) groups excluding carboxylic acids is 2. The number of fused-ring (bicyclic) bond motifs is 3. The minimum atomic E-state index is -1.26. The van der Waals surface area contributed by atoms with Crippen LogP contribution in [0.5, 0.6) is 11.5 Å². The third-order valence-electron chi connectivity index (χ3n) is 3.42. The number of hydrogen-bond acceptors (Lipinski definition) is 7. The smallest absolute Gasteiger partial charge is 0.452 e. The van der Waals surface area contributed by atoms with Gasteiger partial charge >= 0.3 is 12.3 Å². The van der Waals surface area contributed by atoms with Crippen molar-refractivity contribution in [3.05, 3.63) is 58.8 Å². The van der Waals surface area contributed by atoms with E-state index in [0.29, 0.717) is 5.56 Å². The van der Waals surface area contributed by atoms with Crippen LogP contribution in [-0.4, -0.2) is 12.3 Å². The first kappa shape index (κ1) is 14.0. The van der Waals surface area contributed by atoms with E-state index in [0.717, 1.165) is 0 Å². The molecule has 0 radical (unpaired) electrons. The maximum atomic E-state index is 12.4. The largest absolute Gasteiger partial charge is 0.524 e. The second kappa shape index (κ2) is 5.24. The van der Waals surface area contributed by atoms with Crippen molar-refractivity contribution in [1.29, 1.82) is 0 Å². The fourth-order valence-corrected chi connectivity index (χ4v) is 2.38. The molecule has 0 bridgehead atoms. The number of benzene rings is 2. The Kier molecular flexibility index (Phi) is 3.06. The first-order valence-electron chi connectivity index (χ1n) is 6.89.